The molecule has 0 bridgehead atoms. The third-order valence-corrected chi connectivity index (χ3v) is 13.7. The van der Waals surface area contributed by atoms with Crippen LogP contribution in [0, 0.1) is 0 Å². The minimum atomic E-state index is -0.154. The first-order valence-corrected chi connectivity index (χ1v) is 21.8. The number of hydrogen-bond donors (Lipinski definition) is 0. The number of rotatable bonds is 4. The molecule has 0 fully saturated rings. The first kappa shape index (κ1) is 35.3. The molecule has 0 aliphatic heterocycles. The smallest absolute Gasteiger partial charge is 0.238 e. The van der Waals surface area contributed by atoms with Crippen LogP contribution in [0.2, 0.25) is 0 Å². The summed E-state index contributed by atoms with van der Waals surface area (Å²) in [5.74, 6) is 1.60. The second-order valence-corrected chi connectivity index (χ2v) is 17.5. The second-order valence-electron chi connectivity index (χ2n) is 17.5. The summed E-state index contributed by atoms with van der Waals surface area (Å²) in [7, 11) is 0. The molecule has 1 aliphatic carbocycles. The molecule has 6 nitrogen and oxygen atoms in total. The number of aromatic nitrogens is 4. The molecule has 0 N–H and O–H groups in total. The van der Waals surface area contributed by atoms with Gasteiger partial charge in [0, 0.05) is 54.4 Å². The highest BCUT2D eigenvalue weighted by molar-refractivity contribution is 6.23. The molecule has 64 heavy (non-hydrogen) atoms. The van der Waals surface area contributed by atoms with Crippen molar-refractivity contribution in [2.75, 3.05) is 0 Å². The maximum absolute atomic E-state index is 6.41. The van der Waals surface area contributed by atoms with E-state index in [1.54, 1.807) is 0 Å². The van der Waals surface area contributed by atoms with Crippen LogP contribution in [0.3, 0.4) is 0 Å². The number of hydrogen-bond acceptors (Lipinski definition) is 5. The molecule has 14 rings (SSSR count). The van der Waals surface area contributed by atoms with E-state index in [4.69, 9.17) is 23.8 Å². The third-order valence-electron chi connectivity index (χ3n) is 13.7. The van der Waals surface area contributed by atoms with Gasteiger partial charge >= 0.3 is 0 Å². The lowest BCUT2D eigenvalue weighted by atomic mass is 9.81. The van der Waals surface area contributed by atoms with Gasteiger partial charge in [0.2, 0.25) is 5.95 Å². The van der Waals surface area contributed by atoms with Crippen molar-refractivity contribution in [3.63, 3.8) is 0 Å². The Bertz CT molecular complexity index is 4000. The Balaban J connectivity index is 1.06. The van der Waals surface area contributed by atoms with Crippen LogP contribution in [-0.4, -0.2) is 19.5 Å². The molecule has 9 aromatic carbocycles. The predicted molar refractivity (Wildman–Crippen MR) is 260 cm³/mol. The molecular formula is C58H36N4O2. The van der Waals surface area contributed by atoms with Crippen LogP contribution in [0.5, 0.6) is 0 Å². The minimum Gasteiger partial charge on any atom is -0.456 e. The van der Waals surface area contributed by atoms with Crippen LogP contribution >= 0.6 is 0 Å². The van der Waals surface area contributed by atoms with Gasteiger partial charge in [-0.1, -0.05) is 147 Å². The van der Waals surface area contributed by atoms with E-state index >= 15 is 0 Å². The highest BCUT2D eigenvalue weighted by atomic mass is 16.3. The monoisotopic (exact) mass is 820 g/mol. The van der Waals surface area contributed by atoms with E-state index in [9.17, 15) is 0 Å². The SMILES string of the molecule is CC1(C)c2ccccc2-c2ccc(-c3cccc4c5c6ccccc6ccc5n(-c5nc(-c6ccc7c(c6)oc6ccccc67)nc(-c6ccc7c(c6)oc6ccccc67)n5)c34)cc21. The summed E-state index contributed by atoms with van der Waals surface area (Å²) in [6.45, 7) is 4.68. The Morgan fingerprint density at radius 1 is 0.406 bits per heavy atom. The van der Waals surface area contributed by atoms with Gasteiger partial charge in [-0.15, -0.1) is 0 Å². The fourth-order valence-corrected chi connectivity index (χ4v) is 10.6. The first-order chi connectivity index (χ1) is 31.5. The van der Waals surface area contributed by atoms with E-state index in [1.807, 2.05) is 36.4 Å². The van der Waals surface area contributed by atoms with Crippen molar-refractivity contribution in [2.45, 2.75) is 19.3 Å². The maximum Gasteiger partial charge on any atom is 0.238 e. The molecule has 0 amide bonds. The van der Waals surface area contributed by atoms with Gasteiger partial charge in [0.1, 0.15) is 22.3 Å². The van der Waals surface area contributed by atoms with Crippen LogP contribution in [-0.2, 0) is 5.41 Å². The number of furan rings is 2. The predicted octanol–water partition coefficient (Wildman–Crippen LogP) is 15.2. The summed E-state index contributed by atoms with van der Waals surface area (Å²) in [5, 5.41) is 8.86. The van der Waals surface area contributed by atoms with E-state index in [2.05, 4.69) is 164 Å². The normalized spacial score (nSPS) is 13.3. The zero-order valence-electron chi connectivity index (χ0n) is 34.9. The molecule has 300 valence electrons. The average Bonchev–Trinajstić information content (AvgIpc) is 4.07. The Morgan fingerprint density at radius 2 is 0.969 bits per heavy atom. The number of fused-ring (bicyclic) bond motifs is 14. The molecule has 4 heterocycles. The number of para-hydroxylation sites is 3. The quantitative estimate of drug-likeness (QED) is 0.177. The van der Waals surface area contributed by atoms with Crippen molar-refractivity contribution in [2.24, 2.45) is 0 Å². The minimum absolute atomic E-state index is 0.154. The van der Waals surface area contributed by atoms with Gasteiger partial charge in [-0.3, -0.25) is 4.57 Å². The molecule has 0 unspecified atom stereocenters. The Morgan fingerprint density at radius 3 is 1.69 bits per heavy atom. The van der Waals surface area contributed by atoms with E-state index in [1.165, 1.54) is 33.0 Å². The van der Waals surface area contributed by atoms with Crippen molar-refractivity contribution < 1.29 is 8.83 Å². The molecular weight excluding hydrogens is 785 g/mol. The fraction of sp³-hybridized carbons (Fsp3) is 0.0517. The van der Waals surface area contributed by atoms with E-state index in [-0.39, 0.29) is 5.41 Å². The maximum atomic E-state index is 6.41. The summed E-state index contributed by atoms with van der Waals surface area (Å²) < 4.78 is 15.1. The Labute approximate surface area is 366 Å². The van der Waals surface area contributed by atoms with Crippen molar-refractivity contribution in [3.05, 3.63) is 193 Å². The van der Waals surface area contributed by atoms with Crippen LogP contribution in [0.1, 0.15) is 25.0 Å². The molecule has 0 saturated carbocycles. The van der Waals surface area contributed by atoms with Gasteiger partial charge in [0.25, 0.3) is 0 Å². The van der Waals surface area contributed by atoms with Crippen molar-refractivity contribution in [1.82, 2.24) is 19.5 Å². The zero-order valence-corrected chi connectivity index (χ0v) is 34.9. The standard InChI is InChI=1S/C58H36N4O2/c1-58(2)46-19-8-5-14-39(46)40-26-22-34(30-47(40)58)38-17-11-18-45-53-37-13-4-3-12-33(37)25-29-48(53)62(54(38)45)57-60-55(35-23-27-43-41-15-6-9-20-49(41)63-51(43)31-35)59-56(61-57)36-24-28-44-42-16-7-10-21-50(42)64-52(44)32-36/h3-32H,1-2H3. The molecule has 0 radical (unpaired) electrons. The summed E-state index contributed by atoms with van der Waals surface area (Å²) in [6.07, 6.45) is 0. The van der Waals surface area contributed by atoms with Crippen molar-refractivity contribution in [3.8, 4) is 51.0 Å². The summed E-state index contributed by atoms with van der Waals surface area (Å²) in [6, 6.07) is 64.3. The van der Waals surface area contributed by atoms with Gasteiger partial charge in [0.05, 0.1) is 11.0 Å². The Kier molecular flexibility index (Phi) is 7.08. The van der Waals surface area contributed by atoms with Crippen LogP contribution in [0.25, 0.3) is 127 Å². The van der Waals surface area contributed by atoms with Gasteiger partial charge < -0.3 is 8.83 Å². The first-order valence-electron chi connectivity index (χ1n) is 21.8. The van der Waals surface area contributed by atoms with Crippen LogP contribution < -0.4 is 0 Å². The molecule has 1 aliphatic rings. The molecule has 0 saturated heterocycles. The number of benzene rings is 9. The number of nitrogens with zero attached hydrogens (tertiary/aromatic N) is 4. The molecule has 0 atom stereocenters. The van der Waals surface area contributed by atoms with E-state index in [0.29, 0.717) is 17.6 Å². The summed E-state index contributed by atoms with van der Waals surface area (Å²) in [4.78, 5) is 16.1. The topological polar surface area (TPSA) is 69.9 Å². The largest absolute Gasteiger partial charge is 0.456 e. The van der Waals surface area contributed by atoms with Gasteiger partial charge in [-0.2, -0.15) is 9.97 Å². The van der Waals surface area contributed by atoms with Crippen LogP contribution in [0.15, 0.2) is 191 Å². The van der Waals surface area contributed by atoms with Crippen LogP contribution in [0.4, 0.5) is 0 Å². The van der Waals surface area contributed by atoms with E-state index in [0.717, 1.165) is 87.9 Å². The summed E-state index contributed by atoms with van der Waals surface area (Å²) >= 11 is 0. The molecule has 4 aromatic heterocycles. The second kappa shape index (κ2) is 12.8. The lowest BCUT2D eigenvalue weighted by molar-refractivity contribution is 0.660. The lowest BCUT2D eigenvalue weighted by Gasteiger charge is -2.22. The Hall–Kier alpha value is -8.35. The van der Waals surface area contributed by atoms with Gasteiger partial charge in [0.15, 0.2) is 11.6 Å². The van der Waals surface area contributed by atoms with Crippen molar-refractivity contribution in [1.29, 1.82) is 0 Å². The van der Waals surface area contributed by atoms with Gasteiger partial charge in [-0.05, 0) is 87.1 Å². The lowest BCUT2D eigenvalue weighted by Crippen LogP contribution is -2.14. The fourth-order valence-electron chi connectivity index (χ4n) is 10.6. The third kappa shape index (κ3) is 4.93. The zero-order chi connectivity index (χ0) is 42.3. The van der Waals surface area contributed by atoms with Crippen molar-refractivity contribution >= 4 is 76.5 Å². The highest BCUT2D eigenvalue weighted by Crippen LogP contribution is 2.50. The molecule has 0 spiro atoms. The highest BCUT2D eigenvalue weighted by Gasteiger charge is 2.35. The average molecular weight is 821 g/mol. The summed E-state index contributed by atoms with van der Waals surface area (Å²) in [5.41, 5.74) is 14.3. The van der Waals surface area contributed by atoms with Gasteiger partial charge in [-0.25, -0.2) is 4.98 Å². The molecule has 13 aromatic rings. The van der Waals surface area contributed by atoms with E-state index < -0.39 is 0 Å². The molecule has 6 heteroatoms.